The molecular weight excluding hydrogens is 166 g/mol. The van der Waals surface area contributed by atoms with Crippen LogP contribution in [0.25, 0.3) is 0 Å². The minimum Gasteiger partial charge on any atom is -0.314 e. The van der Waals surface area contributed by atoms with Crippen LogP contribution in [0.15, 0.2) is 24.4 Å². The van der Waals surface area contributed by atoms with E-state index in [2.05, 4.69) is 33.6 Å². The second-order valence-corrected chi connectivity index (χ2v) is 3.16. The van der Waals surface area contributed by atoms with Crippen LogP contribution >= 0.6 is 0 Å². The predicted octanol–water partition coefficient (Wildman–Crippen LogP) is 0.00210. The van der Waals surface area contributed by atoms with E-state index in [9.17, 15) is 0 Å². The molecule has 1 aliphatic rings. The molecule has 1 N–H and O–H groups in total. The molecule has 70 valence electrons. The van der Waals surface area contributed by atoms with Crippen molar-refractivity contribution in [2.45, 2.75) is 13.5 Å². The molecule has 5 nitrogen and oxygen atoms in total. The van der Waals surface area contributed by atoms with E-state index in [1.807, 2.05) is 4.68 Å². The summed E-state index contributed by atoms with van der Waals surface area (Å²) in [5, 5.41) is 6.11. The Balaban J connectivity index is 1.81. The molecule has 0 atom stereocenters. The smallest absolute Gasteiger partial charge is 0.137 e. The summed E-state index contributed by atoms with van der Waals surface area (Å²) in [5.74, 6) is 0. The Morgan fingerprint density at radius 1 is 1.54 bits per heavy atom. The fourth-order valence-electron chi connectivity index (χ4n) is 1.29. The molecule has 1 aromatic rings. The van der Waals surface area contributed by atoms with Crippen LogP contribution in [0.1, 0.15) is 6.92 Å². The first-order chi connectivity index (χ1) is 6.34. The van der Waals surface area contributed by atoms with Crippen molar-refractivity contribution in [3.05, 3.63) is 24.4 Å². The average molecular weight is 179 g/mol. The summed E-state index contributed by atoms with van der Waals surface area (Å²) in [7, 11) is 0. The molecule has 13 heavy (non-hydrogen) atoms. The SMILES string of the molecule is CC1=CN(CCn2cncn2)NC1. The van der Waals surface area contributed by atoms with Crippen LogP contribution in [-0.2, 0) is 6.54 Å². The van der Waals surface area contributed by atoms with Crippen LogP contribution in [0.2, 0.25) is 0 Å². The Morgan fingerprint density at radius 3 is 3.08 bits per heavy atom. The Hall–Kier alpha value is -1.36. The number of hydrazine groups is 1. The third-order valence-electron chi connectivity index (χ3n) is 1.97. The minimum atomic E-state index is 0.858. The van der Waals surface area contributed by atoms with Gasteiger partial charge in [0.05, 0.1) is 13.1 Å². The van der Waals surface area contributed by atoms with Gasteiger partial charge >= 0.3 is 0 Å². The second-order valence-electron chi connectivity index (χ2n) is 3.16. The maximum absolute atomic E-state index is 4.03. The van der Waals surface area contributed by atoms with Crippen LogP contribution in [0.3, 0.4) is 0 Å². The highest BCUT2D eigenvalue weighted by molar-refractivity contribution is 5.03. The number of nitrogens with zero attached hydrogens (tertiary/aromatic N) is 4. The number of hydrogen-bond donors (Lipinski definition) is 1. The zero-order chi connectivity index (χ0) is 9.10. The molecular formula is C8H13N5. The molecule has 5 heteroatoms. The number of nitrogens with one attached hydrogen (secondary N) is 1. The van der Waals surface area contributed by atoms with Gasteiger partial charge in [0, 0.05) is 12.7 Å². The Kier molecular flexibility index (Phi) is 2.27. The highest BCUT2D eigenvalue weighted by Crippen LogP contribution is 2.01. The number of rotatable bonds is 3. The van der Waals surface area contributed by atoms with Crippen LogP contribution in [0.5, 0.6) is 0 Å². The van der Waals surface area contributed by atoms with Crippen LogP contribution in [0.4, 0.5) is 0 Å². The van der Waals surface area contributed by atoms with Crippen molar-refractivity contribution in [1.29, 1.82) is 0 Å². The predicted molar refractivity (Wildman–Crippen MR) is 48.5 cm³/mol. The van der Waals surface area contributed by atoms with Gasteiger partial charge in [-0.2, -0.15) is 5.10 Å². The standard InChI is InChI=1S/C8H13N5/c1-8-4-10-12(5-8)2-3-13-7-9-6-11-13/h5-7,10H,2-4H2,1H3. The first-order valence-electron chi connectivity index (χ1n) is 4.34. The summed E-state index contributed by atoms with van der Waals surface area (Å²) in [6.07, 6.45) is 5.40. The lowest BCUT2D eigenvalue weighted by molar-refractivity contribution is 0.287. The molecule has 0 bridgehead atoms. The fraction of sp³-hybridized carbons (Fsp3) is 0.500. The molecule has 0 spiro atoms. The summed E-state index contributed by atoms with van der Waals surface area (Å²) < 4.78 is 1.82. The monoisotopic (exact) mass is 179 g/mol. The van der Waals surface area contributed by atoms with E-state index in [-0.39, 0.29) is 0 Å². The highest BCUT2D eigenvalue weighted by Gasteiger charge is 2.07. The van der Waals surface area contributed by atoms with Gasteiger partial charge in [-0.15, -0.1) is 0 Å². The van der Waals surface area contributed by atoms with Crippen molar-refractivity contribution in [3.8, 4) is 0 Å². The molecule has 0 amide bonds. The molecule has 2 rings (SSSR count). The van der Waals surface area contributed by atoms with Crippen LogP contribution in [0, 0.1) is 0 Å². The van der Waals surface area contributed by atoms with Gasteiger partial charge in [-0.3, -0.25) is 4.68 Å². The zero-order valence-electron chi connectivity index (χ0n) is 7.64. The maximum Gasteiger partial charge on any atom is 0.137 e. The molecule has 0 aromatic carbocycles. The molecule has 0 fully saturated rings. The number of hydrogen-bond acceptors (Lipinski definition) is 4. The Bertz CT molecular complexity index is 289. The van der Waals surface area contributed by atoms with Crippen molar-refractivity contribution in [1.82, 2.24) is 25.2 Å². The van der Waals surface area contributed by atoms with E-state index in [0.717, 1.165) is 19.6 Å². The zero-order valence-corrected chi connectivity index (χ0v) is 7.64. The summed E-state index contributed by atoms with van der Waals surface area (Å²) in [6, 6.07) is 0. The lowest BCUT2D eigenvalue weighted by Gasteiger charge is -2.14. The summed E-state index contributed by atoms with van der Waals surface area (Å²) in [6.45, 7) is 4.84. The second kappa shape index (κ2) is 3.57. The molecule has 0 radical (unpaired) electrons. The third-order valence-corrected chi connectivity index (χ3v) is 1.97. The Morgan fingerprint density at radius 2 is 2.46 bits per heavy atom. The van der Waals surface area contributed by atoms with E-state index in [1.54, 1.807) is 12.7 Å². The maximum atomic E-state index is 4.03. The largest absolute Gasteiger partial charge is 0.314 e. The van der Waals surface area contributed by atoms with Crippen LogP contribution in [-0.4, -0.2) is 32.9 Å². The van der Waals surface area contributed by atoms with E-state index >= 15 is 0 Å². The van der Waals surface area contributed by atoms with E-state index in [0.29, 0.717) is 0 Å². The van der Waals surface area contributed by atoms with Crippen molar-refractivity contribution >= 4 is 0 Å². The minimum absolute atomic E-state index is 0.858. The number of aromatic nitrogens is 3. The molecule has 0 unspecified atom stereocenters. The van der Waals surface area contributed by atoms with Crippen molar-refractivity contribution in [2.24, 2.45) is 0 Å². The lowest BCUT2D eigenvalue weighted by Crippen LogP contribution is -2.31. The quantitative estimate of drug-likeness (QED) is 0.709. The van der Waals surface area contributed by atoms with Gasteiger partial charge in [-0.1, -0.05) is 0 Å². The highest BCUT2D eigenvalue weighted by atomic mass is 15.5. The van der Waals surface area contributed by atoms with Gasteiger partial charge < -0.3 is 5.01 Å². The van der Waals surface area contributed by atoms with Gasteiger partial charge in [-0.25, -0.2) is 10.4 Å². The topological polar surface area (TPSA) is 46.0 Å². The van der Waals surface area contributed by atoms with E-state index in [4.69, 9.17) is 0 Å². The van der Waals surface area contributed by atoms with Crippen molar-refractivity contribution in [3.63, 3.8) is 0 Å². The molecule has 0 aliphatic carbocycles. The van der Waals surface area contributed by atoms with Crippen molar-refractivity contribution in [2.75, 3.05) is 13.1 Å². The van der Waals surface area contributed by atoms with Crippen molar-refractivity contribution < 1.29 is 0 Å². The molecule has 0 saturated carbocycles. The molecule has 2 heterocycles. The average Bonchev–Trinajstić information content (AvgIpc) is 2.71. The van der Waals surface area contributed by atoms with Gasteiger partial charge in [0.1, 0.15) is 12.7 Å². The van der Waals surface area contributed by atoms with Gasteiger partial charge in [0.25, 0.3) is 0 Å². The lowest BCUT2D eigenvalue weighted by atomic mass is 10.4. The molecule has 1 aromatic heterocycles. The van der Waals surface area contributed by atoms with E-state index < -0.39 is 0 Å². The molecule has 0 saturated heterocycles. The first kappa shape index (κ1) is 8.25. The fourth-order valence-corrected chi connectivity index (χ4v) is 1.29. The van der Waals surface area contributed by atoms with Gasteiger partial charge in [-0.05, 0) is 12.5 Å². The van der Waals surface area contributed by atoms with Gasteiger partial charge in [0.15, 0.2) is 0 Å². The van der Waals surface area contributed by atoms with E-state index in [1.165, 1.54) is 5.57 Å². The molecule has 1 aliphatic heterocycles. The van der Waals surface area contributed by atoms with Gasteiger partial charge in [0.2, 0.25) is 0 Å². The normalized spacial score (nSPS) is 16.4. The summed E-state index contributed by atoms with van der Waals surface area (Å²) >= 11 is 0. The summed E-state index contributed by atoms with van der Waals surface area (Å²) in [5.41, 5.74) is 4.61. The Labute approximate surface area is 77.0 Å². The van der Waals surface area contributed by atoms with Crippen LogP contribution < -0.4 is 5.43 Å². The summed E-state index contributed by atoms with van der Waals surface area (Å²) in [4.78, 5) is 3.88. The first-order valence-corrected chi connectivity index (χ1v) is 4.34. The third kappa shape index (κ3) is 2.06.